The van der Waals surface area contributed by atoms with Gasteiger partial charge in [-0.3, -0.25) is 4.79 Å². The third-order valence-corrected chi connectivity index (χ3v) is 6.26. The number of carbonyl (C=O) groups excluding carboxylic acids is 1. The van der Waals surface area contributed by atoms with Crippen LogP contribution < -0.4 is 5.73 Å². The van der Waals surface area contributed by atoms with Crippen molar-refractivity contribution >= 4 is 46.4 Å². The molecule has 0 aromatic heterocycles. The molecule has 1 aliphatic heterocycles. The first kappa shape index (κ1) is 21.8. The van der Waals surface area contributed by atoms with Gasteiger partial charge in [-0.25, -0.2) is 5.01 Å². The van der Waals surface area contributed by atoms with Gasteiger partial charge in [0, 0.05) is 10.9 Å². The minimum atomic E-state index is -0.748. The van der Waals surface area contributed by atoms with Crippen molar-refractivity contribution in [2.45, 2.75) is 18.4 Å². The summed E-state index contributed by atoms with van der Waals surface area (Å²) < 4.78 is 0. The highest BCUT2D eigenvalue weighted by Gasteiger charge is 2.34. The van der Waals surface area contributed by atoms with E-state index < -0.39 is 6.04 Å². The van der Waals surface area contributed by atoms with E-state index in [-0.39, 0.29) is 11.8 Å². The van der Waals surface area contributed by atoms with Crippen LogP contribution in [0.15, 0.2) is 77.9 Å². The molecule has 0 aliphatic carbocycles. The van der Waals surface area contributed by atoms with Crippen molar-refractivity contribution in [3.63, 3.8) is 0 Å². The monoisotopic (exact) mass is 471 g/mol. The maximum absolute atomic E-state index is 13.1. The summed E-state index contributed by atoms with van der Waals surface area (Å²) in [4.78, 5) is 13.1. The second kappa shape index (κ2) is 9.41. The zero-order valence-corrected chi connectivity index (χ0v) is 18.8. The first-order valence-corrected chi connectivity index (χ1v) is 11.0. The van der Waals surface area contributed by atoms with E-state index >= 15 is 0 Å². The lowest BCUT2D eigenvalue weighted by Gasteiger charge is -2.19. The van der Waals surface area contributed by atoms with Crippen molar-refractivity contribution in [1.29, 1.82) is 0 Å². The Kier molecular flexibility index (Phi) is 6.63. The summed E-state index contributed by atoms with van der Waals surface area (Å²) >= 11 is 18.1. The van der Waals surface area contributed by atoms with Crippen LogP contribution in [0.1, 0.15) is 22.6 Å². The Bertz CT molecular complexity index is 1120. The lowest BCUT2D eigenvalue weighted by atomic mass is 9.90. The third kappa shape index (κ3) is 4.94. The molecule has 0 spiro atoms. The summed E-state index contributed by atoms with van der Waals surface area (Å²) in [5.74, 6) is -0.292. The molecular formula is C24H20Cl3N3O. The van der Waals surface area contributed by atoms with Crippen molar-refractivity contribution in [2.75, 3.05) is 6.54 Å². The predicted octanol–water partition coefficient (Wildman–Crippen LogP) is 5.55. The van der Waals surface area contributed by atoms with E-state index in [1.807, 2.05) is 60.7 Å². The number of rotatable bonds is 5. The molecule has 7 heteroatoms. The van der Waals surface area contributed by atoms with Gasteiger partial charge in [0.05, 0.1) is 28.3 Å². The summed E-state index contributed by atoms with van der Waals surface area (Å²) in [7, 11) is 0. The topological polar surface area (TPSA) is 58.7 Å². The van der Waals surface area contributed by atoms with Gasteiger partial charge in [-0.05, 0) is 47.4 Å². The normalized spacial score (nSPS) is 16.8. The molecule has 1 heterocycles. The molecule has 4 rings (SSSR count). The van der Waals surface area contributed by atoms with Crippen LogP contribution in [0.5, 0.6) is 0 Å². The number of nitrogens with zero attached hydrogens (tertiary/aromatic N) is 2. The van der Waals surface area contributed by atoms with Gasteiger partial charge in [0.15, 0.2) is 0 Å². The second-order valence-corrected chi connectivity index (χ2v) is 8.69. The van der Waals surface area contributed by atoms with Crippen LogP contribution in [0.25, 0.3) is 0 Å². The first-order valence-electron chi connectivity index (χ1n) is 9.82. The van der Waals surface area contributed by atoms with Gasteiger partial charge in [-0.15, -0.1) is 0 Å². The zero-order chi connectivity index (χ0) is 22.0. The van der Waals surface area contributed by atoms with Crippen LogP contribution in [0.3, 0.4) is 0 Å². The number of halogens is 3. The minimum absolute atomic E-state index is 0.0523. The van der Waals surface area contributed by atoms with Crippen molar-refractivity contribution in [3.05, 3.63) is 105 Å². The molecule has 1 unspecified atom stereocenters. The van der Waals surface area contributed by atoms with E-state index in [1.165, 1.54) is 5.01 Å². The van der Waals surface area contributed by atoms with Crippen LogP contribution in [-0.2, 0) is 11.2 Å². The van der Waals surface area contributed by atoms with Gasteiger partial charge in [0.25, 0.3) is 5.91 Å². The van der Waals surface area contributed by atoms with Crippen LogP contribution >= 0.6 is 34.8 Å². The molecule has 0 radical (unpaired) electrons. The Balaban J connectivity index is 1.59. The third-order valence-electron chi connectivity index (χ3n) is 5.27. The molecule has 2 atom stereocenters. The Morgan fingerprint density at radius 3 is 2.39 bits per heavy atom. The van der Waals surface area contributed by atoms with E-state index in [0.29, 0.717) is 28.0 Å². The van der Waals surface area contributed by atoms with E-state index in [0.717, 1.165) is 22.4 Å². The summed E-state index contributed by atoms with van der Waals surface area (Å²) in [5.41, 5.74) is 9.92. The van der Waals surface area contributed by atoms with E-state index in [9.17, 15) is 4.79 Å². The molecule has 1 aliphatic rings. The van der Waals surface area contributed by atoms with E-state index in [4.69, 9.17) is 40.5 Å². The zero-order valence-electron chi connectivity index (χ0n) is 16.5. The molecule has 1 amide bonds. The Morgan fingerprint density at radius 1 is 1.00 bits per heavy atom. The van der Waals surface area contributed by atoms with Crippen molar-refractivity contribution in [2.24, 2.45) is 10.8 Å². The van der Waals surface area contributed by atoms with Crippen molar-refractivity contribution in [1.82, 2.24) is 5.01 Å². The van der Waals surface area contributed by atoms with E-state index in [2.05, 4.69) is 5.10 Å². The van der Waals surface area contributed by atoms with Crippen LogP contribution in [0, 0.1) is 0 Å². The number of hydrazone groups is 1. The van der Waals surface area contributed by atoms with Gasteiger partial charge in [-0.1, -0.05) is 83.3 Å². The quantitative estimate of drug-likeness (QED) is 0.529. The fourth-order valence-electron chi connectivity index (χ4n) is 3.67. The van der Waals surface area contributed by atoms with Gasteiger partial charge in [0.2, 0.25) is 0 Å². The maximum Gasteiger partial charge on any atom is 0.259 e. The molecule has 3 aromatic carbocycles. The lowest BCUT2D eigenvalue weighted by molar-refractivity contribution is -0.132. The highest BCUT2D eigenvalue weighted by Crippen LogP contribution is 2.30. The molecule has 3 aromatic rings. The molecule has 2 N–H and O–H groups in total. The maximum atomic E-state index is 13.1. The molecule has 0 bridgehead atoms. The minimum Gasteiger partial charge on any atom is -0.320 e. The molecule has 0 saturated carbocycles. The second-order valence-electron chi connectivity index (χ2n) is 7.43. The van der Waals surface area contributed by atoms with Gasteiger partial charge in [0.1, 0.15) is 0 Å². The SMILES string of the molecule is N[C@@H](Cc1ccc(Cl)c(Cl)c1)C(=O)N1CC(c2ccccc2)C(c2ccc(Cl)cc2)=N1. The number of benzene rings is 3. The lowest BCUT2D eigenvalue weighted by Crippen LogP contribution is -2.42. The number of hydrogen-bond acceptors (Lipinski definition) is 3. The standard InChI is InChI=1S/C24H20Cl3N3O/c25-18-9-7-17(8-10-18)23-19(16-4-2-1-3-5-16)14-30(29-23)24(31)22(28)13-15-6-11-20(26)21(27)12-15/h1-12,19,22H,13-14,28H2/t19?,22-/m0/s1. The first-order chi connectivity index (χ1) is 14.9. The molecule has 4 nitrogen and oxygen atoms in total. The number of nitrogens with two attached hydrogens (primary N) is 1. The van der Waals surface area contributed by atoms with Crippen molar-refractivity contribution < 1.29 is 4.79 Å². The summed E-state index contributed by atoms with van der Waals surface area (Å²) in [5, 5.41) is 7.70. The van der Waals surface area contributed by atoms with Crippen molar-refractivity contribution in [3.8, 4) is 0 Å². The summed E-state index contributed by atoms with van der Waals surface area (Å²) in [6, 6.07) is 22.0. The number of carbonyl (C=O) groups is 1. The fourth-order valence-corrected chi connectivity index (χ4v) is 4.11. The summed E-state index contributed by atoms with van der Waals surface area (Å²) in [6.45, 7) is 0.426. The smallest absolute Gasteiger partial charge is 0.259 e. The number of hydrogen-bond donors (Lipinski definition) is 1. The average Bonchev–Trinajstić information content (AvgIpc) is 3.22. The fraction of sp³-hybridized carbons (Fsp3) is 0.167. The highest BCUT2D eigenvalue weighted by atomic mass is 35.5. The Hall–Kier alpha value is -2.37. The van der Waals surface area contributed by atoms with Crippen LogP contribution in [0.4, 0.5) is 0 Å². The molecule has 0 saturated heterocycles. The molecule has 158 valence electrons. The number of amides is 1. The summed E-state index contributed by atoms with van der Waals surface area (Å²) in [6.07, 6.45) is 0.341. The van der Waals surface area contributed by atoms with Crippen LogP contribution in [-0.4, -0.2) is 29.2 Å². The van der Waals surface area contributed by atoms with Gasteiger partial charge in [-0.2, -0.15) is 5.10 Å². The predicted molar refractivity (Wildman–Crippen MR) is 127 cm³/mol. The van der Waals surface area contributed by atoms with Crippen LogP contribution in [0.2, 0.25) is 15.1 Å². The molecular weight excluding hydrogens is 453 g/mol. The largest absolute Gasteiger partial charge is 0.320 e. The van der Waals surface area contributed by atoms with Gasteiger partial charge >= 0.3 is 0 Å². The Labute approximate surface area is 196 Å². The average molecular weight is 473 g/mol. The highest BCUT2D eigenvalue weighted by molar-refractivity contribution is 6.42. The van der Waals surface area contributed by atoms with Gasteiger partial charge < -0.3 is 5.73 Å². The molecule has 31 heavy (non-hydrogen) atoms. The Morgan fingerprint density at radius 2 is 1.71 bits per heavy atom. The molecule has 0 fully saturated rings. The van der Waals surface area contributed by atoms with E-state index in [1.54, 1.807) is 12.1 Å².